The van der Waals surface area contributed by atoms with Crippen LogP contribution in [0.3, 0.4) is 0 Å². The van der Waals surface area contributed by atoms with Gasteiger partial charge in [0.15, 0.2) is 0 Å². The minimum atomic E-state index is -1.64. The van der Waals surface area contributed by atoms with Gasteiger partial charge in [-0.3, -0.25) is 0 Å². The van der Waals surface area contributed by atoms with Gasteiger partial charge in [-0.1, -0.05) is 36.4 Å². The van der Waals surface area contributed by atoms with Crippen molar-refractivity contribution in [2.24, 2.45) is 0 Å². The van der Waals surface area contributed by atoms with Crippen molar-refractivity contribution < 1.29 is 8.23 Å². The van der Waals surface area contributed by atoms with E-state index in [0.29, 0.717) is 0 Å². The number of anilines is 2. The molecule has 0 N–H and O–H groups in total. The largest absolute Gasteiger partial charge is 0.429 e. The van der Waals surface area contributed by atoms with Gasteiger partial charge < -0.3 is 17.4 Å². The van der Waals surface area contributed by atoms with Gasteiger partial charge in [0.2, 0.25) is 9.20 Å². The summed E-state index contributed by atoms with van der Waals surface area (Å²) in [4.78, 5) is 0. The number of hydrogen-bond acceptors (Lipinski definition) is 4. The average Bonchev–Trinajstić information content (AvgIpc) is 2.56. The lowest BCUT2D eigenvalue weighted by molar-refractivity contribution is 0.404. The highest BCUT2D eigenvalue weighted by molar-refractivity contribution is 6.69. The van der Waals surface area contributed by atoms with Crippen molar-refractivity contribution in [2.45, 2.75) is 19.6 Å². The van der Waals surface area contributed by atoms with Gasteiger partial charge in [0.05, 0.1) is 0 Å². The Hall–Kier alpha value is -1.23. The Morgan fingerprint density at radius 1 is 0.667 bits per heavy atom. The summed E-state index contributed by atoms with van der Waals surface area (Å²) >= 11 is 0. The summed E-state index contributed by atoms with van der Waals surface area (Å²) in [5.74, 6) is 0. The molecule has 3 unspecified atom stereocenters. The van der Waals surface area contributed by atoms with Gasteiger partial charge in [-0.05, 0) is 58.0 Å². The first-order valence-corrected chi connectivity index (χ1v) is 14.7. The molecular formula is C17H28N2O2Si3. The summed E-state index contributed by atoms with van der Waals surface area (Å²) < 4.78 is 17.2. The third-order valence-electron chi connectivity index (χ3n) is 3.94. The number of hydrogen-bond donors (Lipinski definition) is 0. The fourth-order valence-electron chi connectivity index (χ4n) is 2.52. The second-order valence-corrected chi connectivity index (χ2v) is 13.3. The predicted molar refractivity (Wildman–Crippen MR) is 110 cm³/mol. The van der Waals surface area contributed by atoms with Crippen molar-refractivity contribution >= 4 is 39.1 Å². The maximum absolute atomic E-state index is 6.43. The Labute approximate surface area is 151 Å². The quantitative estimate of drug-likeness (QED) is 0.661. The summed E-state index contributed by atoms with van der Waals surface area (Å²) in [5, 5.41) is 0. The summed E-state index contributed by atoms with van der Waals surface area (Å²) in [5.41, 5.74) is 2.36. The smallest absolute Gasteiger partial charge is 0.299 e. The molecule has 24 heavy (non-hydrogen) atoms. The van der Waals surface area contributed by atoms with Crippen molar-refractivity contribution in [3.8, 4) is 0 Å². The van der Waals surface area contributed by atoms with Crippen LogP contribution in [0.15, 0.2) is 60.7 Å². The number of rotatable bonds is 8. The van der Waals surface area contributed by atoms with Gasteiger partial charge >= 0.3 is 0 Å². The lowest BCUT2D eigenvalue weighted by Crippen LogP contribution is -2.44. The molecule has 130 valence electrons. The highest BCUT2D eigenvalue weighted by Gasteiger charge is 2.24. The van der Waals surface area contributed by atoms with E-state index in [9.17, 15) is 0 Å². The SMILES string of the molecule is CN(C)[SiH](C)O[SiH](C)O[SiH](C)N(c1ccccc1)c1ccccc1. The molecule has 0 spiro atoms. The van der Waals surface area contributed by atoms with Crippen LogP contribution >= 0.6 is 0 Å². The van der Waals surface area contributed by atoms with Crippen LogP contribution in [-0.4, -0.2) is 46.3 Å². The fraction of sp³-hybridized carbons (Fsp3) is 0.294. The average molecular weight is 377 g/mol. The number of nitrogens with zero attached hydrogens (tertiary/aromatic N) is 2. The van der Waals surface area contributed by atoms with Crippen LogP contribution in [0.5, 0.6) is 0 Å². The molecule has 0 saturated carbocycles. The van der Waals surface area contributed by atoms with E-state index in [1.165, 1.54) is 11.4 Å². The molecule has 4 nitrogen and oxygen atoms in total. The molecule has 0 aliphatic rings. The Kier molecular flexibility index (Phi) is 7.41. The zero-order chi connectivity index (χ0) is 17.5. The maximum Gasteiger partial charge on any atom is 0.299 e. The van der Waals surface area contributed by atoms with Crippen molar-refractivity contribution in [1.29, 1.82) is 0 Å². The van der Waals surface area contributed by atoms with Crippen LogP contribution in [0, 0.1) is 0 Å². The highest BCUT2D eigenvalue weighted by atomic mass is 28.4. The monoisotopic (exact) mass is 376 g/mol. The van der Waals surface area contributed by atoms with Crippen LogP contribution in [0.25, 0.3) is 0 Å². The maximum atomic E-state index is 6.43. The molecule has 2 aromatic rings. The van der Waals surface area contributed by atoms with E-state index in [1.54, 1.807) is 0 Å². The normalized spacial score (nSPS) is 15.1. The molecule has 0 aliphatic heterocycles. The summed E-state index contributed by atoms with van der Waals surface area (Å²) in [7, 11) is -0.414. The van der Waals surface area contributed by atoms with Crippen LogP contribution < -0.4 is 4.57 Å². The zero-order valence-electron chi connectivity index (χ0n) is 15.2. The molecule has 0 saturated heterocycles. The van der Waals surface area contributed by atoms with Gasteiger partial charge in [0, 0.05) is 11.4 Å². The molecule has 7 heteroatoms. The molecule has 2 aromatic carbocycles. The first-order valence-electron chi connectivity index (χ1n) is 8.35. The third-order valence-corrected chi connectivity index (χ3v) is 12.9. The molecule has 0 bridgehead atoms. The van der Waals surface area contributed by atoms with Gasteiger partial charge in [-0.15, -0.1) is 0 Å². The van der Waals surface area contributed by atoms with Crippen molar-refractivity contribution in [2.75, 3.05) is 18.7 Å². The van der Waals surface area contributed by atoms with Crippen molar-refractivity contribution in [3.05, 3.63) is 60.7 Å². The van der Waals surface area contributed by atoms with E-state index in [2.05, 4.69) is 91.4 Å². The predicted octanol–water partition coefficient (Wildman–Crippen LogP) is 2.97. The number of benzene rings is 2. The summed E-state index contributed by atoms with van der Waals surface area (Å²) in [6.45, 7) is 6.57. The van der Waals surface area contributed by atoms with Gasteiger partial charge in [-0.2, -0.15) is 0 Å². The third kappa shape index (κ3) is 5.40. The van der Waals surface area contributed by atoms with E-state index < -0.39 is 27.7 Å². The zero-order valence-corrected chi connectivity index (χ0v) is 18.7. The Morgan fingerprint density at radius 3 is 1.50 bits per heavy atom. The standard InChI is InChI=1S/C17H28N2O2Si3/c1-18(2)22(3)20-24(5)21-23(4)19(16-12-8-6-9-13-16)17-14-10-7-11-15-17/h6-15,22-24H,1-5H3. The lowest BCUT2D eigenvalue weighted by Gasteiger charge is -2.33. The van der Waals surface area contributed by atoms with Crippen molar-refractivity contribution in [3.63, 3.8) is 0 Å². The van der Waals surface area contributed by atoms with E-state index in [1.807, 2.05) is 12.1 Å². The van der Waals surface area contributed by atoms with E-state index in [-0.39, 0.29) is 0 Å². The van der Waals surface area contributed by atoms with E-state index >= 15 is 0 Å². The second-order valence-electron chi connectivity index (χ2n) is 6.04. The Morgan fingerprint density at radius 2 is 1.08 bits per heavy atom. The Bertz CT molecular complexity index is 562. The highest BCUT2D eigenvalue weighted by Crippen LogP contribution is 2.26. The van der Waals surface area contributed by atoms with E-state index in [0.717, 1.165) is 0 Å². The minimum Gasteiger partial charge on any atom is -0.429 e. The van der Waals surface area contributed by atoms with Crippen LogP contribution in [0.2, 0.25) is 19.6 Å². The molecule has 3 atom stereocenters. The molecule has 0 amide bonds. The van der Waals surface area contributed by atoms with Gasteiger partial charge in [0.1, 0.15) is 0 Å². The topological polar surface area (TPSA) is 24.9 Å². The molecule has 0 fully saturated rings. The number of para-hydroxylation sites is 2. The molecule has 0 aromatic heterocycles. The summed E-state index contributed by atoms with van der Waals surface area (Å²) in [6, 6.07) is 21.0. The van der Waals surface area contributed by atoms with Crippen LogP contribution in [0.4, 0.5) is 11.4 Å². The molecule has 2 rings (SSSR count). The van der Waals surface area contributed by atoms with Crippen LogP contribution in [0.1, 0.15) is 0 Å². The van der Waals surface area contributed by atoms with Crippen molar-refractivity contribution in [1.82, 2.24) is 4.57 Å². The molecule has 0 radical (unpaired) electrons. The first kappa shape index (κ1) is 19.1. The lowest BCUT2D eigenvalue weighted by atomic mass is 10.3. The van der Waals surface area contributed by atoms with E-state index in [4.69, 9.17) is 8.23 Å². The van der Waals surface area contributed by atoms with Gasteiger partial charge in [-0.25, -0.2) is 0 Å². The molecular weight excluding hydrogens is 348 g/mol. The first-order chi connectivity index (χ1) is 11.5. The fourth-order valence-corrected chi connectivity index (χ4v) is 10.4. The van der Waals surface area contributed by atoms with Gasteiger partial charge in [0.25, 0.3) is 18.5 Å². The minimum absolute atomic E-state index is 1.18. The molecule has 0 heterocycles. The summed E-state index contributed by atoms with van der Waals surface area (Å²) in [6.07, 6.45) is 0. The van der Waals surface area contributed by atoms with Crippen LogP contribution in [-0.2, 0) is 8.23 Å². The Balaban J connectivity index is 2.15. The second kappa shape index (κ2) is 9.31. The molecule has 0 aliphatic carbocycles.